The third-order valence-electron chi connectivity index (χ3n) is 2.90. The molecule has 100 valence electrons. The van der Waals surface area contributed by atoms with Crippen LogP contribution in [0.15, 0.2) is 30.3 Å². The first kappa shape index (κ1) is 14.7. The summed E-state index contributed by atoms with van der Waals surface area (Å²) in [5.74, 6) is 0.742. The molecule has 0 fully saturated rings. The summed E-state index contributed by atoms with van der Waals surface area (Å²) in [7, 11) is 1.64. The van der Waals surface area contributed by atoms with Gasteiger partial charge in [-0.05, 0) is 32.9 Å². The maximum atomic E-state index is 6.19. The van der Waals surface area contributed by atoms with Gasteiger partial charge in [-0.1, -0.05) is 29.3 Å². The number of hydrogen-bond donors (Lipinski definition) is 0. The van der Waals surface area contributed by atoms with E-state index in [1.165, 1.54) is 23.8 Å². The third-order valence-corrected chi connectivity index (χ3v) is 6.73. The molecule has 0 aliphatic heterocycles. The molecule has 3 heteroatoms. The van der Waals surface area contributed by atoms with E-state index in [-0.39, 0.29) is 21.2 Å². The Kier molecular flexibility index (Phi) is 4.74. The Morgan fingerprint density at radius 1 is 1.00 bits per heavy atom. The number of hydrogen-bond acceptors (Lipinski definition) is 1. The summed E-state index contributed by atoms with van der Waals surface area (Å²) in [5.41, 5.74) is 4.10. The van der Waals surface area contributed by atoms with Gasteiger partial charge in [-0.25, -0.2) is 0 Å². The monoisotopic (exact) mass is 387 g/mol. The molecule has 0 heterocycles. The largest absolute Gasteiger partial charge is 0.495 e. The van der Waals surface area contributed by atoms with Crippen LogP contribution in [0.1, 0.15) is 16.7 Å². The Labute approximate surface area is 130 Å². The molecule has 2 aromatic carbocycles. The van der Waals surface area contributed by atoms with Crippen molar-refractivity contribution in [3.8, 4) is 5.75 Å². The minimum atomic E-state index is -0.202. The highest BCUT2D eigenvalue weighted by molar-refractivity contribution is 6.32. The first-order chi connectivity index (χ1) is 9.01. The van der Waals surface area contributed by atoms with Gasteiger partial charge in [-0.2, -0.15) is 0 Å². The Balaban J connectivity index is 2.34. The van der Waals surface area contributed by atoms with Crippen molar-refractivity contribution in [3.63, 3.8) is 0 Å². The molecule has 0 saturated heterocycles. The van der Waals surface area contributed by atoms with Crippen molar-refractivity contribution in [2.45, 2.75) is 20.8 Å². The normalized spacial score (nSPS) is 10.6. The number of halogens is 2. The fraction of sp³-hybridized carbons (Fsp3) is 0.250. The van der Waals surface area contributed by atoms with Crippen LogP contribution in [0, 0.1) is 27.9 Å². The second kappa shape index (κ2) is 6.14. The Morgan fingerprint density at radius 3 is 2.16 bits per heavy atom. The van der Waals surface area contributed by atoms with Crippen LogP contribution in [0.3, 0.4) is 0 Å². The molecule has 0 amide bonds. The zero-order valence-corrected chi connectivity index (χ0v) is 14.5. The second-order valence-corrected chi connectivity index (χ2v) is 7.86. The lowest BCUT2D eigenvalue weighted by Gasteiger charge is -2.02. The van der Waals surface area contributed by atoms with E-state index in [4.69, 9.17) is 16.3 Å². The van der Waals surface area contributed by atoms with Gasteiger partial charge in [-0.15, -0.1) is 0 Å². The molecule has 0 radical (unpaired) electrons. The molecule has 19 heavy (non-hydrogen) atoms. The molecule has 0 saturated carbocycles. The van der Waals surface area contributed by atoms with Gasteiger partial charge in [0.05, 0.1) is 12.1 Å². The summed E-state index contributed by atoms with van der Waals surface area (Å²) in [5, 5.41) is 0.696. The van der Waals surface area contributed by atoms with Crippen molar-refractivity contribution in [1.29, 1.82) is 0 Å². The molecule has 0 unspecified atom stereocenters. The molecule has 0 spiro atoms. The van der Waals surface area contributed by atoms with Gasteiger partial charge in [0.25, 0.3) is 0 Å². The summed E-state index contributed by atoms with van der Waals surface area (Å²) in [4.78, 5) is 0. The van der Waals surface area contributed by atoms with Crippen LogP contribution in [0.25, 0.3) is 0 Å². The van der Waals surface area contributed by atoms with Gasteiger partial charge in [0.15, 0.2) is 7.14 Å². The van der Waals surface area contributed by atoms with Crippen molar-refractivity contribution in [3.05, 3.63) is 59.2 Å². The molecule has 2 rings (SSSR count). The van der Waals surface area contributed by atoms with Crippen LogP contribution in [0.2, 0.25) is 5.02 Å². The smallest absolute Gasteiger partial charge is 0.358 e. The fourth-order valence-corrected chi connectivity index (χ4v) is 5.17. The van der Waals surface area contributed by atoms with Gasteiger partial charge in [0.2, 0.25) is 0 Å². The quantitative estimate of drug-likeness (QED) is 0.724. The number of methoxy groups -OCH3 is 1. The van der Waals surface area contributed by atoms with Crippen molar-refractivity contribution < 1.29 is 25.9 Å². The van der Waals surface area contributed by atoms with E-state index in [1.54, 1.807) is 7.11 Å². The Hall–Kier alpha value is -0.740. The second-order valence-electron chi connectivity index (χ2n) is 4.59. The van der Waals surface area contributed by atoms with Crippen LogP contribution in [-0.4, -0.2) is 7.11 Å². The summed E-state index contributed by atoms with van der Waals surface area (Å²) in [6, 6.07) is 10.6. The standard InChI is InChI=1S/C16H17ClIO/c1-10-7-11(2)16(12(3)8-10)18-13-5-6-15(19-4)14(17)9-13/h5-9H,1-4H3/q+1. The topological polar surface area (TPSA) is 9.23 Å². The Morgan fingerprint density at radius 2 is 1.63 bits per heavy atom. The van der Waals surface area contributed by atoms with Gasteiger partial charge >= 0.3 is 21.2 Å². The summed E-state index contributed by atoms with van der Waals surface area (Å²) in [6.07, 6.45) is 0. The molecule has 0 N–H and O–H groups in total. The lowest BCUT2D eigenvalue weighted by atomic mass is 10.1. The highest BCUT2D eigenvalue weighted by atomic mass is 127. The van der Waals surface area contributed by atoms with Gasteiger partial charge < -0.3 is 4.74 Å². The van der Waals surface area contributed by atoms with E-state index in [9.17, 15) is 0 Å². The maximum absolute atomic E-state index is 6.19. The molecular weight excluding hydrogens is 371 g/mol. The molecular formula is C16H17ClIO+. The van der Waals surface area contributed by atoms with E-state index >= 15 is 0 Å². The van der Waals surface area contributed by atoms with Crippen molar-refractivity contribution >= 4 is 11.6 Å². The van der Waals surface area contributed by atoms with Crippen LogP contribution >= 0.6 is 11.6 Å². The lowest BCUT2D eigenvalue weighted by Crippen LogP contribution is -3.62. The first-order valence-corrected chi connectivity index (χ1v) is 8.61. The summed E-state index contributed by atoms with van der Waals surface area (Å²) in [6.45, 7) is 6.53. The van der Waals surface area contributed by atoms with E-state index in [1.807, 2.05) is 12.1 Å². The van der Waals surface area contributed by atoms with Crippen molar-refractivity contribution in [2.24, 2.45) is 0 Å². The number of rotatable bonds is 3. The zero-order valence-electron chi connectivity index (χ0n) is 11.6. The summed E-state index contributed by atoms with van der Waals surface area (Å²) < 4.78 is 8.00. The van der Waals surface area contributed by atoms with Crippen LogP contribution in [0.4, 0.5) is 0 Å². The predicted molar refractivity (Wildman–Crippen MR) is 76.1 cm³/mol. The number of aryl methyl sites for hydroxylation is 3. The van der Waals surface area contributed by atoms with Crippen LogP contribution in [-0.2, 0) is 0 Å². The molecule has 2 aromatic rings. The van der Waals surface area contributed by atoms with Crippen LogP contribution < -0.4 is 25.9 Å². The average Bonchev–Trinajstić information content (AvgIpc) is 2.34. The van der Waals surface area contributed by atoms with E-state index in [0.717, 1.165) is 5.75 Å². The highest BCUT2D eigenvalue weighted by Crippen LogP contribution is 2.22. The molecule has 0 aromatic heterocycles. The van der Waals surface area contributed by atoms with Crippen LogP contribution in [0.5, 0.6) is 5.75 Å². The highest BCUT2D eigenvalue weighted by Gasteiger charge is 2.22. The molecule has 0 aliphatic carbocycles. The van der Waals surface area contributed by atoms with E-state index in [0.29, 0.717) is 5.02 Å². The molecule has 0 atom stereocenters. The fourth-order valence-electron chi connectivity index (χ4n) is 2.12. The predicted octanol–water partition coefficient (Wildman–Crippen LogP) is 1.40. The molecule has 0 aliphatic rings. The summed E-state index contributed by atoms with van der Waals surface area (Å²) >= 11 is 5.99. The molecule has 0 bridgehead atoms. The molecule has 1 nitrogen and oxygen atoms in total. The first-order valence-electron chi connectivity index (χ1n) is 6.07. The van der Waals surface area contributed by atoms with E-state index < -0.39 is 0 Å². The van der Waals surface area contributed by atoms with E-state index in [2.05, 4.69) is 39.0 Å². The minimum absolute atomic E-state index is 0.202. The number of benzene rings is 2. The van der Waals surface area contributed by atoms with Gasteiger partial charge in [-0.3, -0.25) is 0 Å². The number of ether oxygens (including phenoxy) is 1. The minimum Gasteiger partial charge on any atom is -0.495 e. The average molecular weight is 388 g/mol. The lowest BCUT2D eigenvalue weighted by molar-refractivity contribution is -0.598. The van der Waals surface area contributed by atoms with Crippen molar-refractivity contribution in [2.75, 3.05) is 7.11 Å². The van der Waals surface area contributed by atoms with Crippen molar-refractivity contribution in [1.82, 2.24) is 0 Å². The Bertz CT molecular complexity index is 585. The third kappa shape index (κ3) is 3.42. The zero-order chi connectivity index (χ0) is 14.0. The van der Waals surface area contributed by atoms with Gasteiger partial charge in [0.1, 0.15) is 5.75 Å². The maximum Gasteiger partial charge on any atom is 0.358 e. The SMILES string of the molecule is COc1ccc([I+]c2c(C)cc(C)cc2C)cc1Cl. The van der Waals surface area contributed by atoms with Gasteiger partial charge in [0, 0.05) is 17.2 Å².